The molecule has 0 bridgehead atoms. The molecule has 1 aliphatic carbocycles. The van der Waals surface area contributed by atoms with Crippen molar-refractivity contribution in [1.82, 2.24) is 15.2 Å². The minimum absolute atomic E-state index is 0.00636. The lowest BCUT2D eigenvalue weighted by atomic mass is 9.92. The summed E-state index contributed by atoms with van der Waals surface area (Å²) >= 11 is 5.59. The van der Waals surface area contributed by atoms with Crippen molar-refractivity contribution < 1.29 is 27.2 Å². The van der Waals surface area contributed by atoms with Gasteiger partial charge in [0, 0.05) is 26.4 Å². The van der Waals surface area contributed by atoms with Crippen molar-refractivity contribution in [1.29, 1.82) is 5.26 Å². The Morgan fingerprint density at radius 3 is 2.47 bits per heavy atom. The van der Waals surface area contributed by atoms with Crippen LogP contribution >= 0.6 is 12.2 Å². The van der Waals surface area contributed by atoms with Gasteiger partial charge in [0.1, 0.15) is 17.4 Å². The number of amides is 2. The van der Waals surface area contributed by atoms with Crippen molar-refractivity contribution >= 4 is 34.8 Å². The average molecular weight is 520 g/mol. The number of thiocarbonyl (C=S) groups is 1. The fraction of sp³-hybridized carbons (Fsp3) is 0.375. The zero-order valence-electron chi connectivity index (χ0n) is 19.5. The molecule has 188 valence electrons. The molecule has 2 amide bonds. The van der Waals surface area contributed by atoms with Crippen LogP contribution in [0.2, 0.25) is 0 Å². The quantitative estimate of drug-likeness (QED) is 0.491. The summed E-state index contributed by atoms with van der Waals surface area (Å²) in [6, 6.07) is 4.72. The molecule has 1 spiro atoms. The molecule has 12 heteroatoms. The zero-order valence-corrected chi connectivity index (χ0v) is 20.4. The van der Waals surface area contributed by atoms with Gasteiger partial charge in [0.05, 0.1) is 23.0 Å². The Labute approximate surface area is 209 Å². The smallest absolute Gasteiger partial charge is 0.355 e. The molecule has 36 heavy (non-hydrogen) atoms. The number of pyridine rings is 1. The van der Waals surface area contributed by atoms with Crippen molar-refractivity contribution in [3.05, 3.63) is 58.2 Å². The van der Waals surface area contributed by atoms with E-state index in [1.807, 2.05) is 13.8 Å². The van der Waals surface area contributed by atoms with Crippen LogP contribution in [0.4, 0.5) is 23.2 Å². The van der Waals surface area contributed by atoms with E-state index in [-0.39, 0.29) is 35.1 Å². The summed E-state index contributed by atoms with van der Waals surface area (Å²) in [5.41, 5.74) is -2.68. The number of benzene rings is 1. The third-order valence-electron chi connectivity index (χ3n) is 6.36. The fourth-order valence-corrected chi connectivity index (χ4v) is 5.21. The van der Waals surface area contributed by atoms with E-state index in [0.717, 1.165) is 11.1 Å². The highest BCUT2D eigenvalue weighted by Crippen LogP contribution is 2.44. The molecule has 0 radical (unpaired) electrons. The molecular formula is C24H21F4N5O2S. The van der Waals surface area contributed by atoms with Gasteiger partial charge >= 0.3 is 6.18 Å². The number of alkyl halides is 3. The first-order valence-electron chi connectivity index (χ1n) is 11.0. The predicted octanol–water partition coefficient (Wildman–Crippen LogP) is 3.60. The lowest BCUT2D eigenvalue weighted by Gasteiger charge is -2.34. The number of nitrogens with zero attached hydrogens (tertiary/aromatic N) is 4. The maximum absolute atomic E-state index is 14.7. The lowest BCUT2D eigenvalue weighted by molar-refractivity contribution is -0.138. The molecule has 2 aliphatic rings. The van der Waals surface area contributed by atoms with Crippen LogP contribution in [-0.2, 0) is 23.8 Å². The standard InChI is InChI=1S/C24H21F4N5O2S/c1-12(2)11-32-22(36)33(15-6-17(24(26,27)28)19(9-29)31-10-15)21(35)23(32)7-13-4-16(20(34)30-3)18(25)5-14(13)8-23/h4-6,10,12H,7-8,11H2,1-3H3,(H,30,34). The highest BCUT2D eigenvalue weighted by molar-refractivity contribution is 7.80. The second kappa shape index (κ2) is 8.81. The highest BCUT2D eigenvalue weighted by atomic mass is 32.1. The number of carbonyl (C=O) groups excluding carboxylic acids is 2. The lowest BCUT2D eigenvalue weighted by Crippen LogP contribution is -2.51. The van der Waals surface area contributed by atoms with E-state index < -0.39 is 40.6 Å². The van der Waals surface area contributed by atoms with E-state index in [9.17, 15) is 27.2 Å². The summed E-state index contributed by atoms with van der Waals surface area (Å²) in [6.07, 6.45) is -3.71. The van der Waals surface area contributed by atoms with Gasteiger partial charge in [-0.15, -0.1) is 0 Å². The van der Waals surface area contributed by atoms with Gasteiger partial charge in [-0.3, -0.25) is 14.5 Å². The molecule has 1 fully saturated rings. The van der Waals surface area contributed by atoms with Crippen molar-refractivity contribution in [2.75, 3.05) is 18.5 Å². The highest BCUT2D eigenvalue weighted by Gasteiger charge is 2.58. The molecule has 2 heterocycles. The van der Waals surface area contributed by atoms with Crippen LogP contribution in [0.15, 0.2) is 24.4 Å². The van der Waals surface area contributed by atoms with Crippen LogP contribution in [-0.4, -0.2) is 45.9 Å². The molecule has 1 N–H and O–H groups in total. The zero-order chi connectivity index (χ0) is 26.6. The van der Waals surface area contributed by atoms with Crippen LogP contribution in [0.1, 0.15) is 46.6 Å². The number of nitrogens with one attached hydrogen (secondary N) is 1. The Morgan fingerprint density at radius 2 is 1.92 bits per heavy atom. The van der Waals surface area contributed by atoms with E-state index in [1.165, 1.54) is 25.2 Å². The third kappa shape index (κ3) is 3.97. The van der Waals surface area contributed by atoms with Gasteiger partial charge in [0.25, 0.3) is 11.8 Å². The van der Waals surface area contributed by atoms with Gasteiger partial charge in [-0.05, 0) is 47.5 Å². The maximum atomic E-state index is 14.7. The number of rotatable bonds is 4. The second-order valence-corrected chi connectivity index (χ2v) is 9.56. The Balaban J connectivity index is 1.82. The van der Waals surface area contributed by atoms with Gasteiger partial charge in [-0.1, -0.05) is 13.8 Å². The molecule has 1 aromatic heterocycles. The first kappa shape index (κ1) is 25.5. The van der Waals surface area contributed by atoms with Gasteiger partial charge < -0.3 is 10.2 Å². The van der Waals surface area contributed by atoms with Crippen molar-refractivity contribution in [3.63, 3.8) is 0 Å². The number of fused-ring (bicyclic) bond motifs is 1. The molecule has 1 atom stereocenters. The number of nitriles is 1. The largest absolute Gasteiger partial charge is 0.419 e. The number of anilines is 1. The van der Waals surface area contributed by atoms with E-state index in [4.69, 9.17) is 17.5 Å². The molecule has 1 aromatic carbocycles. The minimum Gasteiger partial charge on any atom is -0.355 e. The van der Waals surface area contributed by atoms with Gasteiger partial charge in [0.2, 0.25) is 0 Å². The molecule has 2 aromatic rings. The number of carbonyl (C=O) groups is 2. The SMILES string of the molecule is CNC(=O)c1cc2c(cc1F)CC1(C2)C(=O)N(c2cnc(C#N)c(C(F)(F)F)c2)C(=S)N1CC(C)C. The predicted molar refractivity (Wildman–Crippen MR) is 126 cm³/mol. The first-order chi connectivity index (χ1) is 16.8. The average Bonchev–Trinajstić information content (AvgIpc) is 3.27. The molecule has 0 saturated carbocycles. The van der Waals surface area contributed by atoms with Crippen molar-refractivity contribution in [3.8, 4) is 6.07 Å². The van der Waals surface area contributed by atoms with Crippen LogP contribution < -0.4 is 10.2 Å². The molecule has 1 saturated heterocycles. The van der Waals surface area contributed by atoms with Crippen LogP contribution in [0.3, 0.4) is 0 Å². The second-order valence-electron chi connectivity index (χ2n) is 9.19. The Kier molecular flexibility index (Phi) is 6.24. The summed E-state index contributed by atoms with van der Waals surface area (Å²) in [5, 5.41) is 11.4. The third-order valence-corrected chi connectivity index (χ3v) is 6.76. The topological polar surface area (TPSA) is 89.3 Å². The summed E-state index contributed by atoms with van der Waals surface area (Å²) in [4.78, 5) is 32.3. The molecular weight excluding hydrogens is 498 g/mol. The molecule has 1 aliphatic heterocycles. The van der Waals surface area contributed by atoms with Gasteiger partial charge in [0.15, 0.2) is 10.8 Å². The molecule has 1 unspecified atom stereocenters. The van der Waals surface area contributed by atoms with E-state index in [1.54, 1.807) is 4.90 Å². The number of halogens is 4. The van der Waals surface area contributed by atoms with E-state index in [2.05, 4.69) is 10.3 Å². The maximum Gasteiger partial charge on any atom is 0.419 e. The summed E-state index contributed by atoms with van der Waals surface area (Å²) in [6.45, 7) is 4.12. The minimum atomic E-state index is -4.87. The van der Waals surface area contributed by atoms with E-state index in [0.29, 0.717) is 23.7 Å². The number of aromatic nitrogens is 1. The first-order valence-corrected chi connectivity index (χ1v) is 11.4. The monoisotopic (exact) mass is 519 g/mol. The van der Waals surface area contributed by atoms with Gasteiger partial charge in [-0.2, -0.15) is 18.4 Å². The summed E-state index contributed by atoms with van der Waals surface area (Å²) in [5.74, 6) is -1.91. The van der Waals surface area contributed by atoms with Crippen LogP contribution in [0.5, 0.6) is 0 Å². The number of hydrogen-bond donors (Lipinski definition) is 1. The van der Waals surface area contributed by atoms with Crippen LogP contribution in [0, 0.1) is 23.1 Å². The Morgan fingerprint density at radius 1 is 1.28 bits per heavy atom. The summed E-state index contributed by atoms with van der Waals surface area (Å²) < 4.78 is 55.4. The number of hydrogen-bond acceptors (Lipinski definition) is 5. The van der Waals surface area contributed by atoms with Gasteiger partial charge in [-0.25, -0.2) is 9.37 Å². The Hall–Kier alpha value is -3.59. The van der Waals surface area contributed by atoms with Crippen molar-refractivity contribution in [2.24, 2.45) is 5.92 Å². The van der Waals surface area contributed by atoms with E-state index >= 15 is 0 Å². The van der Waals surface area contributed by atoms with Crippen molar-refractivity contribution in [2.45, 2.75) is 38.4 Å². The summed E-state index contributed by atoms with van der Waals surface area (Å²) in [7, 11) is 1.37. The Bertz CT molecular complexity index is 1340. The molecule has 4 rings (SSSR count). The molecule has 7 nitrogen and oxygen atoms in total. The normalized spacial score (nSPS) is 19.3. The van der Waals surface area contributed by atoms with Crippen LogP contribution in [0.25, 0.3) is 0 Å². The fourth-order valence-electron chi connectivity index (χ4n) is 4.77.